The highest BCUT2D eigenvalue weighted by Gasteiger charge is 1.95. The molecule has 0 aliphatic rings. The predicted molar refractivity (Wildman–Crippen MR) is 40.6 cm³/mol. The Morgan fingerprint density at radius 1 is 1.33 bits per heavy atom. The van der Waals surface area contributed by atoms with E-state index in [-0.39, 0.29) is 0 Å². The van der Waals surface area contributed by atoms with Gasteiger partial charge in [0.05, 0.1) is 0 Å². The fourth-order valence-electron chi connectivity index (χ4n) is 0.547. The van der Waals surface area contributed by atoms with E-state index >= 15 is 0 Å². The van der Waals surface area contributed by atoms with Crippen molar-refractivity contribution in [2.75, 3.05) is 13.2 Å². The highest BCUT2D eigenvalue weighted by molar-refractivity contribution is 4.45. The lowest BCUT2D eigenvalue weighted by atomic mass is 10.1. The topological polar surface area (TPSA) is 9.23 Å². The predicted octanol–water partition coefficient (Wildman–Crippen LogP) is 2.46. The molecule has 0 saturated heterocycles. The highest BCUT2D eigenvalue weighted by atomic mass is 16.5. The summed E-state index contributed by atoms with van der Waals surface area (Å²) >= 11 is 0. The summed E-state index contributed by atoms with van der Waals surface area (Å²) in [5.41, 5.74) is 0. The van der Waals surface area contributed by atoms with E-state index in [0.29, 0.717) is 0 Å². The molecule has 0 aliphatic heterocycles. The second-order valence-electron chi connectivity index (χ2n) is 2.59. The first-order valence-corrected chi connectivity index (χ1v) is 3.89. The molecule has 1 heteroatoms. The molecule has 0 N–H and O–H groups in total. The first-order chi connectivity index (χ1) is 4.31. The summed E-state index contributed by atoms with van der Waals surface area (Å²) in [5, 5.41) is 0. The Hall–Kier alpha value is -0.0400. The molecule has 0 aromatic heterocycles. The zero-order chi connectivity index (χ0) is 7.11. The standard InChI is InChI=1S/C8H18O/c1-4-6-9-7-8(3)5-2/h8H,4-7H2,1-3H3/t8-/m1/s1. The van der Waals surface area contributed by atoms with Gasteiger partial charge >= 0.3 is 0 Å². The third kappa shape index (κ3) is 5.84. The van der Waals surface area contributed by atoms with Crippen molar-refractivity contribution in [3.63, 3.8) is 0 Å². The smallest absolute Gasteiger partial charge is 0.0491 e. The molecule has 0 unspecified atom stereocenters. The van der Waals surface area contributed by atoms with Crippen molar-refractivity contribution in [2.45, 2.75) is 33.6 Å². The summed E-state index contributed by atoms with van der Waals surface area (Å²) < 4.78 is 5.34. The van der Waals surface area contributed by atoms with Gasteiger partial charge in [-0.05, 0) is 12.3 Å². The Bertz CT molecular complexity index is 52.5. The second kappa shape index (κ2) is 6.09. The van der Waals surface area contributed by atoms with Gasteiger partial charge in [0.15, 0.2) is 0 Å². The third-order valence-electron chi connectivity index (χ3n) is 1.45. The van der Waals surface area contributed by atoms with Crippen LogP contribution in [0.25, 0.3) is 0 Å². The van der Waals surface area contributed by atoms with Crippen LogP contribution in [0, 0.1) is 5.92 Å². The minimum absolute atomic E-state index is 0.733. The van der Waals surface area contributed by atoms with Crippen molar-refractivity contribution in [1.29, 1.82) is 0 Å². The Morgan fingerprint density at radius 3 is 2.44 bits per heavy atom. The lowest BCUT2D eigenvalue weighted by Crippen LogP contribution is -2.04. The largest absolute Gasteiger partial charge is 0.381 e. The van der Waals surface area contributed by atoms with Crippen molar-refractivity contribution in [1.82, 2.24) is 0 Å². The Morgan fingerprint density at radius 2 is 2.00 bits per heavy atom. The number of rotatable bonds is 5. The maximum absolute atomic E-state index is 5.34. The van der Waals surface area contributed by atoms with Crippen LogP contribution in [0.1, 0.15) is 33.6 Å². The van der Waals surface area contributed by atoms with Gasteiger partial charge < -0.3 is 4.74 Å². The zero-order valence-electron chi connectivity index (χ0n) is 6.81. The van der Waals surface area contributed by atoms with E-state index in [4.69, 9.17) is 4.74 Å². The van der Waals surface area contributed by atoms with Crippen molar-refractivity contribution < 1.29 is 4.74 Å². The summed E-state index contributed by atoms with van der Waals surface area (Å²) in [4.78, 5) is 0. The van der Waals surface area contributed by atoms with Crippen LogP contribution < -0.4 is 0 Å². The van der Waals surface area contributed by atoms with Gasteiger partial charge in [-0.2, -0.15) is 0 Å². The molecule has 0 fully saturated rings. The molecule has 0 aromatic rings. The molecule has 1 atom stereocenters. The van der Waals surface area contributed by atoms with Crippen LogP contribution >= 0.6 is 0 Å². The second-order valence-corrected chi connectivity index (χ2v) is 2.59. The molecule has 0 heterocycles. The van der Waals surface area contributed by atoms with Gasteiger partial charge in [0.25, 0.3) is 0 Å². The molecule has 0 bridgehead atoms. The molecule has 0 aliphatic carbocycles. The number of ether oxygens (including phenoxy) is 1. The quantitative estimate of drug-likeness (QED) is 0.519. The minimum Gasteiger partial charge on any atom is -0.381 e. The summed E-state index contributed by atoms with van der Waals surface area (Å²) in [7, 11) is 0. The fraction of sp³-hybridized carbons (Fsp3) is 1.00. The van der Waals surface area contributed by atoms with Gasteiger partial charge in [0.1, 0.15) is 0 Å². The van der Waals surface area contributed by atoms with Gasteiger partial charge in [0.2, 0.25) is 0 Å². The van der Waals surface area contributed by atoms with Crippen LogP contribution in [0.4, 0.5) is 0 Å². The summed E-state index contributed by atoms with van der Waals surface area (Å²) in [6, 6.07) is 0. The summed E-state index contributed by atoms with van der Waals surface area (Å²) in [6.07, 6.45) is 2.36. The molecule has 0 aromatic carbocycles. The van der Waals surface area contributed by atoms with Gasteiger partial charge in [0, 0.05) is 13.2 Å². The van der Waals surface area contributed by atoms with Crippen LogP contribution in [-0.4, -0.2) is 13.2 Å². The van der Waals surface area contributed by atoms with Crippen LogP contribution in [-0.2, 0) is 4.74 Å². The van der Waals surface area contributed by atoms with Crippen molar-refractivity contribution >= 4 is 0 Å². The first-order valence-electron chi connectivity index (χ1n) is 3.89. The Kier molecular flexibility index (Phi) is 6.06. The van der Waals surface area contributed by atoms with Gasteiger partial charge in [-0.15, -0.1) is 0 Å². The lowest BCUT2D eigenvalue weighted by Gasteiger charge is -2.07. The Balaban J connectivity index is 2.88. The lowest BCUT2D eigenvalue weighted by molar-refractivity contribution is 0.104. The van der Waals surface area contributed by atoms with Gasteiger partial charge in [-0.3, -0.25) is 0 Å². The molecule has 56 valence electrons. The van der Waals surface area contributed by atoms with Crippen LogP contribution in [0.3, 0.4) is 0 Å². The average Bonchev–Trinajstić information content (AvgIpc) is 1.89. The molecule has 0 amide bonds. The van der Waals surface area contributed by atoms with Crippen molar-refractivity contribution in [2.24, 2.45) is 5.92 Å². The third-order valence-corrected chi connectivity index (χ3v) is 1.45. The van der Waals surface area contributed by atoms with E-state index in [1.807, 2.05) is 0 Å². The van der Waals surface area contributed by atoms with Crippen molar-refractivity contribution in [3.05, 3.63) is 0 Å². The maximum Gasteiger partial charge on any atom is 0.0491 e. The van der Waals surface area contributed by atoms with Gasteiger partial charge in [-0.1, -0.05) is 27.2 Å². The minimum atomic E-state index is 0.733. The average molecular weight is 130 g/mol. The first kappa shape index (κ1) is 8.96. The molecule has 0 radical (unpaired) electrons. The van der Waals surface area contributed by atoms with E-state index in [1.54, 1.807) is 0 Å². The molecular weight excluding hydrogens is 112 g/mol. The molecule has 0 saturated carbocycles. The fourth-order valence-corrected chi connectivity index (χ4v) is 0.547. The molecule has 0 rings (SSSR count). The SMILES string of the molecule is CCCOC[C@H](C)CC. The van der Waals surface area contributed by atoms with Crippen LogP contribution in [0.15, 0.2) is 0 Å². The normalized spacial score (nSPS) is 13.7. The summed E-state index contributed by atoms with van der Waals surface area (Å²) in [6.45, 7) is 8.40. The van der Waals surface area contributed by atoms with E-state index in [0.717, 1.165) is 25.6 Å². The van der Waals surface area contributed by atoms with E-state index in [2.05, 4.69) is 20.8 Å². The summed E-state index contributed by atoms with van der Waals surface area (Å²) in [5.74, 6) is 0.733. The van der Waals surface area contributed by atoms with Gasteiger partial charge in [-0.25, -0.2) is 0 Å². The molecule has 1 nitrogen and oxygen atoms in total. The van der Waals surface area contributed by atoms with E-state index in [1.165, 1.54) is 6.42 Å². The highest BCUT2D eigenvalue weighted by Crippen LogP contribution is 2.00. The Labute approximate surface area is 58.4 Å². The molecular formula is C8H18O. The zero-order valence-corrected chi connectivity index (χ0v) is 6.81. The van der Waals surface area contributed by atoms with Crippen LogP contribution in [0.5, 0.6) is 0 Å². The maximum atomic E-state index is 5.34. The monoisotopic (exact) mass is 130 g/mol. The molecule has 9 heavy (non-hydrogen) atoms. The van der Waals surface area contributed by atoms with Crippen LogP contribution in [0.2, 0.25) is 0 Å². The van der Waals surface area contributed by atoms with E-state index in [9.17, 15) is 0 Å². The molecule has 0 spiro atoms. The van der Waals surface area contributed by atoms with Crippen molar-refractivity contribution in [3.8, 4) is 0 Å². The number of hydrogen-bond donors (Lipinski definition) is 0. The van der Waals surface area contributed by atoms with E-state index < -0.39 is 0 Å². The number of hydrogen-bond acceptors (Lipinski definition) is 1.